The first kappa shape index (κ1) is 16.5. The number of rotatable bonds is 4. The highest BCUT2D eigenvalue weighted by atomic mass is 32.2. The van der Waals surface area contributed by atoms with E-state index in [1.54, 1.807) is 23.1 Å². The topological polar surface area (TPSA) is 46.1 Å². The quantitative estimate of drug-likeness (QED) is 0.628. The van der Waals surface area contributed by atoms with Gasteiger partial charge in [-0.05, 0) is 55.5 Å². The highest BCUT2D eigenvalue weighted by Crippen LogP contribution is 2.25. The zero-order chi connectivity index (χ0) is 16.4. The van der Waals surface area contributed by atoms with Gasteiger partial charge in [0, 0.05) is 35.8 Å². The van der Waals surface area contributed by atoms with Crippen LogP contribution in [0.15, 0.2) is 16.6 Å². The molecule has 23 heavy (non-hydrogen) atoms. The monoisotopic (exact) mass is 347 g/mol. The Hall–Kier alpha value is -1.40. The largest absolute Gasteiger partial charge is 0.338 e. The number of nitrogens with zero attached hydrogens (tertiary/aromatic N) is 3. The van der Waals surface area contributed by atoms with Crippen LogP contribution in [0.4, 0.5) is 0 Å². The van der Waals surface area contributed by atoms with E-state index >= 15 is 0 Å². The van der Waals surface area contributed by atoms with Gasteiger partial charge in [-0.15, -0.1) is 11.3 Å². The van der Waals surface area contributed by atoms with Crippen LogP contribution in [0.2, 0.25) is 0 Å². The average Bonchev–Trinajstić information content (AvgIpc) is 3.01. The van der Waals surface area contributed by atoms with E-state index in [0.717, 1.165) is 48.0 Å². The van der Waals surface area contributed by atoms with E-state index < -0.39 is 0 Å². The van der Waals surface area contributed by atoms with Crippen LogP contribution in [0.1, 0.15) is 33.8 Å². The summed E-state index contributed by atoms with van der Waals surface area (Å²) in [7, 11) is 0. The summed E-state index contributed by atoms with van der Waals surface area (Å²) in [5.74, 6) is 0.231. The van der Waals surface area contributed by atoms with Gasteiger partial charge in [-0.3, -0.25) is 4.79 Å². The lowest BCUT2D eigenvalue weighted by Crippen LogP contribution is -2.35. The predicted molar refractivity (Wildman–Crippen MR) is 95.0 cm³/mol. The van der Waals surface area contributed by atoms with Crippen molar-refractivity contribution in [3.8, 4) is 0 Å². The molecule has 0 unspecified atom stereocenters. The second-order valence-corrected chi connectivity index (χ2v) is 7.57. The van der Waals surface area contributed by atoms with Crippen molar-refractivity contribution >= 4 is 29.0 Å². The second-order valence-electron chi connectivity index (χ2n) is 5.79. The fourth-order valence-electron chi connectivity index (χ4n) is 3.01. The van der Waals surface area contributed by atoms with Crippen molar-refractivity contribution in [2.75, 3.05) is 12.8 Å². The average molecular weight is 348 g/mol. The number of carbonyl (C=O) groups is 1. The van der Waals surface area contributed by atoms with Gasteiger partial charge in [0.1, 0.15) is 0 Å². The number of aromatic nitrogens is 2. The van der Waals surface area contributed by atoms with Crippen LogP contribution < -0.4 is 0 Å². The zero-order valence-electron chi connectivity index (χ0n) is 13.8. The molecule has 1 amide bonds. The molecule has 3 heterocycles. The smallest absolute Gasteiger partial charge is 0.223 e. The summed E-state index contributed by atoms with van der Waals surface area (Å²) in [6.07, 6.45) is 4.22. The first-order valence-electron chi connectivity index (χ1n) is 7.79. The van der Waals surface area contributed by atoms with Gasteiger partial charge in [0.05, 0.1) is 0 Å². The van der Waals surface area contributed by atoms with Gasteiger partial charge in [0.15, 0.2) is 5.16 Å². The van der Waals surface area contributed by atoms with E-state index in [9.17, 15) is 4.79 Å². The molecule has 1 aliphatic rings. The van der Waals surface area contributed by atoms with Gasteiger partial charge in [-0.1, -0.05) is 11.8 Å². The molecule has 4 nitrogen and oxygen atoms in total. The molecule has 2 aromatic rings. The lowest BCUT2D eigenvalue weighted by Gasteiger charge is -2.27. The van der Waals surface area contributed by atoms with Crippen LogP contribution >= 0.6 is 23.1 Å². The van der Waals surface area contributed by atoms with E-state index in [1.807, 2.05) is 25.0 Å². The van der Waals surface area contributed by atoms with E-state index in [1.165, 1.54) is 10.4 Å². The van der Waals surface area contributed by atoms with Crippen LogP contribution in [0, 0.1) is 13.8 Å². The molecular weight excluding hydrogens is 326 g/mol. The molecule has 0 N–H and O–H groups in total. The van der Waals surface area contributed by atoms with Crippen molar-refractivity contribution < 1.29 is 4.79 Å². The van der Waals surface area contributed by atoms with Gasteiger partial charge >= 0.3 is 0 Å². The van der Waals surface area contributed by atoms with E-state index in [4.69, 9.17) is 0 Å². The summed E-state index contributed by atoms with van der Waals surface area (Å²) in [6.45, 7) is 5.61. The van der Waals surface area contributed by atoms with Crippen LogP contribution in [-0.4, -0.2) is 33.6 Å². The predicted octanol–water partition coefficient (Wildman–Crippen LogP) is 3.39. The summed E-state index contributed by atoms with van der Waals surface area (Å²) < 4.78 is 0. The van der Waals surface area contributed by atoms with Gasteiger partial charge in [-0.25, -0.2) is 9.97 Å². The minimum atomic E-state index is 0.231. The molecule has 1 aliphatic heterocycles. The number of thiophene rings is 1. The summed E-state index contributed by atoms with van der Waals surface area (Å²) in [4.78, 5) is 24.9. The van der Waals surface area contributed by atoms with Crippen molar-refractivity contribution in [3.63, 3.8) is 0 Å². The number of thioether (sulfide) groups is 1. The lowest BCUT2D eigenvalue weighted by atomic mass is 10.0. The number of amides is 1. The normalized spacial score (nSPS) is 14.0. The van der Waals surface area contributed by atoms with Crippen molar-refractivity contribution in [3.05, 3.63) is 38.8 Å². The number of aryl methyl sites for hydroxylation is 2. The molecule has 0 radical (unpaired) electrons. The Morgan fingerprint density at radius 1 is 1.35 bits per heavy atom. The SMILES string of the molecule is CSc1nc(C)c(CCC(=O)N2CCc3sccc3C2)c(C)n1. The third-order valence-electron chi connectivity index (χ3n) is 4.33. The third kappa shape index (κ3) is 3.58. The Labute approximate surface area is 145 Å². The second kappa shape index (κ2) is 7.01. The van der Waals surface area contributed by atoms with E-state index in [2.05, 4.69) is 21.4 Å². The number of fused-ring (bicyclic) bond motifs is 1. The molecule has 0 fully saturated rings. The third-order valence-corrected chi connectivity index (χ3v) is 5.90. The minimum Gasteiger partial charge on any atom is -0.338 e. The van der Waals surface area contributed by atoms with Crippen molar-refractivity contribution in [1.29, 1.82) is 0 Å². The Morgan fingerprint density at radius 2 is 2.09 bits per heavy atom. The fourth-order valence-corrected chi connectivity index (χ4v) is 4.36. The number of hydrogen-bond donors (Lipinski definition) is 0. The first-order chi connectivity index (χ1) is 11.1. The highest BCUT2D eigenvalue weighted by molar-refractivity contribution is 7.98. The van der Waals surface area contributed by atoms with E-state index in [0.29, 0.717) is 6.42 Å². The molecule has 122 valence electrons. The molecule has 3 rings (SSSR count). The Bertz CT molecular complexity index is 703. The van der Waals surface area contributed by atoms with Gasteiger partial charge < -0.3 is 4.90 Å². The Balaban J connectivity index is 1.64. The Kier molecular flexibility index (Phi) is 5.02. The lowest BCUT2D eigenvalue weighted by molar-refractivity contribution is -0.132. The van der Waals surface area contributed by atoms with Crippen LogP contribution in [0.25, 0.3) is 0 Å². The molecule has 2 aromatic heterocycles. The molecular formula is C17H21N3OS2. The van der Waals surface area contributed by atoms with E-state index in [-0.39, 0.29) is 5.91 Å². The van der Waals surface area contributed by atoms with Crippen molar-refractivity contribution in [1.82, 2.24) is 14.9 Å². The molecule has 0 saturated carbocycles. The van der Waals surface area contributed by atoms with Crippen LogP contribution in [0.5, 0.6) is 0 Å². The van der Waals surface area contributed by atoms with Crippen LogP contribution in [0.3, 0.4) is 0 Å². The summed E-state index contributed by atoms with van der Waals surface area (Å²) in [5.41, 5.74) is 4.42. The maximum atomic E-state index is 12.5. The fraction of sp³-hybridized carbons (Fsp3) is 0.471. The molecule has 0 saturated heterocycles. The Morgan fingerprint density at radius 3 is 2.78 bits per heavy atom. The van der Waals surface area contributed by atoms with Gasteiger partial charge in [0.25, 0.3) is 0 Å². The summed E-state index contributed by atoms with van der Waals surface area (Å²) in [6, 6.07) is 2.14. The molecule has 0 atom stereocenters. The number of hydrogen-bond acceptors (Lipinski definition) is 5. The molecule has 0 bridgehead atoms. The molecule has 0 aromatic carbocycles. The maximum Gasteiger partial charge on any atom is 0.223 e. The summed E-state index contributed by atoms with van der Waals surface area (Å²) in [5, 5.41) is 2.92. The first-order valence-corrected chi connectivity index (χ1v) is 9.90. The van der Waals surface area contributed by atoms with Crippen molar-refractivity contribution in [2.24, 2.45) is 0 Å². The van der Waals surface area contributed by atoms with Gasteiger partial charge in [-0.2, -0.15) is 0 Å². The molecule has 6 heteroatoms. The highest BCUT2D eigenvalue weighted by Gasteiger charge is 2.21. The van der Waals surface area contributed by atoms with Crippen LogP contribution in [-0.2, 0) is 24.2 Å². The maximum absolute atomic E-state index is 12.5. The van der Waals surface area contributed by atoms with Gasteiger partial charge in [0.2, 0.25) is 5.91 Å². The molecule has 0 spiro atoms. The standard InChI is InChI=1S/C17H21N3OS2/c1-11-14(12(2)19-17(18-11)22-3)4-5-16(21)20-8-6-15-13(10-20)7-9-23-15/h7,9H,4-6,8,10H2,1-3H3. The zero-order valence-corrected chi connectivity index (χ0v) is 15.4. The number of carbonyl (C=O) groups excluding carboxylic acids is 1. The summed E-state index contributed by atoms with van der Waals surface area (Å²) >= 11 is 3.35. The minimum absolute atomic E-state index is 0.231. The van der Waals surface area contributed by atoms with Crippen molar-refractivity contribution in [2.45, 2.75) is 44.8 Å². The molecule has 0 aliphatic carbocycles.